The Morgan fingerprint density at radius 2 is 1.64 bits per heavy atom. The molecule has 0 fully saturated rings. The van der Waals surface area contributed by atoms with Crippen molar-refractivity contribution in [1.29, 1.82) is 0 Å². The Hall–Kier alpha value is -3.67. The third-order valence-corrected chi connectivity index (χ3v) is 4.96. The first-order valence-electron chi connectivity index (χ1n) is 9.42. The van der Waals surface area contributed by atoms with Gasteiger partial charge in [-0.1, -0.05) is 6.92 Å². The summed E-state index contributed by atoms with van der Waals surface area (Å²) in [5.41, 5.74) is 0.715. The molecule has 12 heteroatoms. The fourth-order valence-electron chi connectivity index (χ4n) is 2.75. The zero-order valence-electron chi connectivity index (χ0n) is 16.9. The molecule has 1 aromatic heterocycles. The monoisotopic (exact) mass is 524 g/mol. The molecule has 0 bridgehead atoms. The Morgan fingerprint density at radius 1 is 1.03 bits per heavy atom. The lowest BCUT2D eigenvalue weighted by Gasteiger charge is -2.12. The van der Waals surface area contributed by atoms with E-state index in [0.717, 1.165) is 12.1 Å². The maximum absolute atomic E-state index is 12.5. The van der Waals surface area contributed by atoms with Crippen molar-refractivity contribution in [2.45, 2.75) is 19.7 Å². The Labute approximate surface area is 193 Å². The minimum absolute atomic E-state index is 0.0324. The summed E-state index contributed by atoms with van der Waals surface area (Å²) in [5.74, 6) is -2.05. The Bertz CT molecular complexity index is 1190. The van der Waals surface area contributed by atoms with Crippen molar-refractivity contribution in [3.05, 3.63) is 70.2 Å². The predicted octanol–water partition coefficient (Wildman–Crippen LogP) is 5.17. The largest absolute Gasteiger partial charge is 0.573 e. The van der Waals surface area contributed by atoms with Crippen molar-refractivity contribution >= 4 is 44.9 Å². The molecule has 0 spiro atoms. The second-order valence-corrected chi connectivity index (χ2v) is 7.43. The highest BCUT2D eigenvalue weighted by Crippen LogP contribution is 2.28. The molecule has 2 amide bonds. The highest BCUT2D eigenvalue weighted by Gasteiger charge is 2.31. The first-order chi connectivity index (χ1) is 15.6. The van der Waals surface area contributed by atoms with Crippen molar-refractivity contribution < 1.29 is 32.3 Å². The van der Waals surface area contributed by atoms with Crippen molar-refractivity contribution in [1.82, 2.24) is 9.97 Å². The quantitative estimate of drug-likeness (QED) is 0.369. The molecule has 3 aromatic rings. The van der Waals surface area contributed by atoms with Gasteiger partial charge in [0.2, 0.25) is 0 Å². The van der Waals surface area contributed by atoms with Crippen LogP contribution in [0.15, 0.2) is 53.3 Å². The van der Waals surface area contributed by atoms with E-state index >= 15 is 0 Å². The number of ether oxygens (including phenoxy) is 1. The number of ketones is 1. The predicted molar refractivity (Wildman–Crippen MR) is 116 cm³/mol. The van der Waals surface area contributed by atoms with Gasteiger partial charge in [-0.15, -0.1) is 13.2 Å². The number of hydrogen-bond donors (Lipinski definition) is 3. The standard InChI is InChI=1S/C21H16BrF3N4O4/c1-2-16(30)17-18(27-10-26-17)20(32)29-12-5-3-11(4-6-12)28-19(31)14-9-13(7-8-15(14)22)33-21(23,24)25/h3-10H,2H2,1H3,(H,26,27)(H,28,31)(H,29,32). The third kappa shape index (κ3) is 6.19. The van der Waals surface area contributed by atoms with E-state index in [9.17, 15) is 27.6 Å². The van der Waals surface area contributed by atoms with E-state index in [4.69, 9.17) is 0 Å². The van der Waals surface area contributed by atoms with Crippen LogP contribution in [0.25, 0.3) is 0 Å². The third-order valence-electron chi connectivity index (χ3n) is 4.27. The van der Waals surface area contributed by atoms with Gasteiger partial charge in [-0.05, 0) is 58.4 Å². The molecule has 0 radical (unpaired) electrons. The molecule has 33 heavy (non-hydrogen) atoms. The number of carbonyl (C=O) groups is 3. The lowest BCUT2D eigenvalue weighted by molar-refractivity contribution is -0.274. The number of aromatic amines is 1. The molecule has 0 saturated heterocycles. The topological polar surface area (TPSA) is 113 Å². The summed E-state index contributed by atoms with van der Waals surface area (Å²) in [4.78, 5) is 43.3. The van der Waals surface area contributed by atoms with Crippen molar-refractivity contribution in [3.63, 3.8) is 0 Å². The second-order valence-electron chi connectivity index (χ2n) is 6.58. The van der Waals surface area contributed by atoms with Crippen molar-refractivity contribution in [3.8, 4) is 5.75 Å². The van der Waals surface area contributed by atoms with E-state index < -0.39 is 23.9 Å². The molecule has 0 saturated carbocycles. The smallest absolute Gasteiger partial charge is 0.406 e. The fourth-order valence-corrected chi connectivity index (χ4v) is 3.18. The lowest BCUT2D eigenvalue weighted by Crippen LogP contribution is -2.18. The molecule has 0 aliphatic rings. The van der Waals surface area contributed by atoms with Crippen molar-refractivity contribution in [2.24, 2.45) is 0 Å². The first-order valence-corrected chi connectivity index (χ1v) is 10.2. The average molecular weight is 525 g/mol. The number of halogens is 4. The van der Waals surface area contributed by atoms with Crippen LogP contribution < -0.4 is 15.4 Å². The van der Waals surface area contributed by atoms with E-state index in [0.29, 0.717) is 11.4 Å². The van der Waals surface area contributed by atoms with E-state index in [-0.39, 0.29) is 33.6 Å². The van der Waals surface area contributed by atoms with Crippen LogP contribution in [-0.4, -0.2) is 33.9 Å². The SMILES string of the molecule is CCC(=O)c1nc[nH]c1C(=O)Nc1ccc(NC(=O)c2cc(OC(F)(F)F)ccc2Br)cc1. The van der Waals surface area contributed by atoms with E-state index in [2.05, 4.69) is 41.3 Å². The van der Waals surface area contributed by atoms with Crippen LogP contribution in [0.5, 0.6) is 5.75 Å². The molecule has 0 unspecified atom stereocenters. The number of nitrogens with one attached hydrogen (secondary N) is 3. The minimum Gasteiger partial charge on any atom is -0.406 e. The number of H-pyrrole nitrogens is 1. The van der Waals surface area contributed by atoms with Gasteiger partial charge < -0.3 is 20.4 Å². The zero-order chi connectivity index (χ0) is 24.2. The van der Waals surface area contributed by atoms with Crippen LogP contribution in [-0.2, 0) is 0 Å². The zero-order valence-corrected chi connectivity index (χ0v) is 18.5. The number of imidazole rings is 1. The Morgan fingerprint density at radius 3 is 2.21 bits per heavy atom. The van der Waals surface area contributed by atoms with Gasteiger partial charge in [0.1, 0.15) is 17.1 Å². The van der Waals surface area contributed by atoms with E-state index in [1.165, 1.54) is 36.7 Å². The lowest BCUT2D eigenvalue weighted by atomic mass is 10.1. The number of nitrogens with zero attached hydrogens (tertiary/aromatic N) is 1. The molecular weight excluding hydrogens is 509 g/mol. The molecule has 0 atom stereocenters. The van der Waals surface area contributed by atoms with Gasteiger partial charge in [0, 0.05) is 22.3 Å². The highest BCUT2D eigenvalue weighted by molar-refractivity contribution is 9.10. The number of benzene rings is 2. The summed E-state index contributed by atoms with van der Waals surface area (Å²) < 4.78 is 41.4. The molecule has 0 aliphatic heterocycles. The van der Waals surface area contributed by atoms with Crippen LogP contribution >= 0.6 is 15.9 Å². The minimum atomic E-state index is -4.89. The van der Waals surface area contributed by atoms with Crippen LogP contribution in [0.1, 0.15) is 44.7 Å². The van der Waals surface area contributed by atoms with Gasteiger partial charge in [-0.3, -0.25) is 14.4 Å². The molecule has 0 aliphatic carbocycles. The molecule has 2 aromatic carbocycles. The summed E-state index contributed by atoms with van der Waals surface area (Å²) in [5, 5.41) is 5.16. The van der Waals surface area contributed by atoms with Crippen LogP contribution in [0.2, 0.25) is 0 Å². The molecule has 1 heterocycles. The van der Waals surface area contributed by atoms with Crippen LogP contribution in [0, 0.1) is 0 Å². The number of rotatable bonds is 7. The Kier molecular flexibility index (Phi) is 7.16. The highest BCUT2D eigenvalue weighted by atomic mass is 79.9. The average Bonchev–Trinajstić information content (AvgIpc) is 3.25. The van der Waals surface area contributed by atoms with E-state index in [1.807, 2.05) is 0 Å². The second kappa shape index (κ2) is 9.86. The van der Waals surface area contributed by atoms with E-state index in [1.54, 1.807) is 6.92 Å². The van der Waals surface area contributed by atoms with Gasteiger partial charge >= 0.3 is 6.36 Å². The summed E-state index contributed by atoms with van der Waals surface area (Å²) in [7, 11) is 0. The maximum atomic E-state index is 12.5. The Balaban J connectivity index is 1.68. The number of amides is 2. The maximum Gasteiger partial charge on any atom is 0.573 e. The fraction of sp³-hybridized carbons (Fsp3) is 0.143. The number of aromatic nitrogens is 2. The molecule has 172 valence electrons. The first kappa shape index (κ1) is 24.0. The van der Waals surface area contributed by atoms with Gasteiger partial charge in [0.25, 0.3) is 11.8 Å². The summed E-state index contributed by atoms with van der Waals surface area (Å²) in [6, 6.07) is 9.28. The summed E-state index contributed by atoms with van der Waals surface area (Å²) in [6.07, 6.45) is -3.44. The molecule has 3 N–H and O–H groups in total. The number of alkyl halides is 3. The van der Waals surface area contributed by atoms with Crippen molar-refractivity contribution in [2.75, 3.05) is 10.6 Å². The summed E-state index contributed by atoms with van der Waals surface area (Å²) >= 11 is 3.13. The van der Waals surface area contributed by atoms with Gasteiger partial charge in [-0.2, -0.15) is 0 Å². The number of Topliss-reactive ketones (excluding diaryl/α,β-unsaturated/α-hetero) is 1. The molecule has 8 nitrogen and oxygen atoms in total. The van der Waals surface area contributed by atoms with Crippen LogP contribution in [0.3, 0.4) is 0 Å². The normalized spacial score (nSPS) is 11.1. The van der Waals surface area contributed by atoms with Gasteiger partial charge in [-0.25, -0.2) is 4.98 Å². The van der Waals surface area contributed by atoms with Gasteiger partial charge in [0.15, 0.2) is 5.78 Å². The number of carbonyl (C=O) groups excluding carboxylic acids is 3. The molecular formula is C21H16BrF3N4O4. The number of hydrogen-bond acceptors (Lipinski definition) is 5. The molecule has 3 rings (SSSR count). The van der Waals surface area contributed by atoms with Crippen LogP contribution in [0.4, 0.5) is 24.5 Å². The van der Waals surface area contributed by atoms with Gasteiger partial charge in [0.05, 0.1) is 11.9 Å². The summed E-state index contributed by atoms with van der Waals surface area (Å²) in [6.45, 7) is 1.66. The number of anilines is 2.